The van der Waals surface area contributed by atoms with Gasteiger partial charge < -0.3 is 4.42 Å². The van der Waals surface area contributed by atoms with E-state index in [1.54, 1.807) is 6.26 Å². The Labute approximate surface area is 77.3 Å². The zero-order valence-electron chi connectivity index (χ0n) is 7.53. The highest BCUT2D eigenvalue weighted by atomic mass is 16.3. The molecule has 13 heavy (non-hydrogen) atoms. The number of furan rings is 1. The molecule has 70 valence electrons. The molecule has 0 bridgehead atoms. The quantitative estimate of drug-likeness (QED) is 0.688. The number of rotatable bonds is 2. The fraction of sp³-hybridized carbons (Fsp3) is 0.500. The Balaban J connectivity index is 1.91. The molecule has 0 spiro atoms. The van der Waals surface area contributed by atoms with Gasteiger partial charge in [0.05, 0.1) is 19.4 Å². The van der Waals surface area contributed by atoms with E-state index in [0.717, 1.165) is 31.7 Å². The largest absolute Gasteiger partial charge is 0.468 e. The van der Waals surface area contributed by atoms with E-state index in [-0.39, 0.29) is 0 Å². The van der Waals surface area contributed by atoms with Gasteiger partial charge in [-0.05, 0) is 25.1 Å². The first-order chi connectivity index (χ1) is 6.34. The van der Waals surface area contributed by atoms with Crippen molar-refractivity contribution in [3.8, 4) is 0 Å². The van der Waals surface area contributed by atoms with Crippen molar-refractivity contribution in [1.29, 1.82) is 0 Å². The van der Waals surface area contributed by atoms with Crippen LogP contribution in [0, 0.1) is 0 Å². The molecule has 0 unspecified atom stereocenters. The van der Waals surface area contributed by atoms with Crippen molar-refractivity contribution in [3.63, 3.8) is 0 Å². The summed E-state index contributed by atoms with van der Waals surface area (Å²) in [5, 5.41) is 0. The third kappa shape index (κ3) is 2.18. The lowest BCUT2D eigenvalue weighted by atomic mass is 10.1. The Kier molecular flexibility index (Phi) is 2.45. The Morgan fingerprint density at radius 1 is 1.54 bits per heavy atom. The van der Waals surface area contributed by atoms with E-state index in [1.165, 1.54) is 0 Å². The molecule has 1 aliphatic rings. The van der Waals surface area contributed by atoms with Crippen LogP contribution in [0.5, 0.6) is 0 Å². The van der Waals surface area contributed by atoms with Crippen LogP contribution in [0.1, 0.15) is 18.6 Å². The molecule has 0 aliphatic carbocycles. The molecule has 0 aromatic carbocycles. The predicted octanol–water partition coefficient (Wildman–Crippen LogP) is 1.44. The minimum Gasteiger partial charge on any atom is -0.468 e. The molecule has 1 fully saturated rings. The maximum atomic E-state index is 11.1. The molecule has 0 saturated carbocycles. The summed E-state index contributed by atoms with van der Waals surface area (Å²) in [6.45, 7) is 2.35. The molecule has 0 amide bonds. The number of piperidine rings is 1. The molecule has 2 heterocycles. The molecule has 2 rings (SSSR count). The monoisotopic (exact) mass is 179 g/mol. The van der Waals surface area contributed by atoms with E-state index < -0.39 is 0 Å². The highest BCUT2D eigenvalue weighted by Gasteiger charge is 2.17. The summed E-state index contributed by atoms with van der Waals surface area (Å²) in [6, 6.07) is 3.82. The number of likely N-dealkylation sites (tertiary alicyclic amines) is 1. The van der Waals surface area contributed by atoms with E-state index in [2.05, 4.69) is 4.90 Å². The number of carbonyl (C=O) groups excluding carboxylic acids is 1. The molecule has 1 aromatic rings. The van der Waals surface area contributed by atoms with Crippen LogP contribution in [0.3, 0.4) is 0 Å². The SMILES string of the molecule is O=C1CCCN(Cc2ccco2)C1. The van der Waals surface area contributed by atoms with Gasteiger partial charge in [0.25, 0.3) is 0 Å². The van der Waals surface area contributed by atoms with Crippen LogP contribution >= 0.6 is 0 Å². The van der Waals surface area contributed by atoms with Crippen LogP contribution in [0.25, 0.3) is 0 Å². The van der Waals surface area contributed by atoms with Gasteiger partial charge in [0.1, 0.15) is 11.5 Å². The normalized spacial score (nSPS) is 19.2. The van der Waals surface area contributed by atoms with Crippen LogP contribution in [0.15, 0.2) is 22.8 Å². The summed E-state index contributed by atoms with van der Waals surface area (Å²) in [7, 11) is 0. The van der Waals surface area contributed by atoms with E-state index in [9.17, 15) is 4.79 Å². The van der Waals surface area contributed by atoms with E-state index in [0.29, 0.717) is 12.3 Å². The maximum Gasteiger partial charge on any atom is 0.146 e. The molecule has 3 nitrogen and oxygen atoms in total. The minimum absolute atomic E-state index is 0.345. The Bertz CT molecular complexity index is 279. The molecule has 3 heteroatoms. The van der Waals surface area contributed by atoms with Crippen molar-refractivity contribution in [2.24, 2.45) is 0 Å². The Hall–Kier alpha value is -1.09. The molecule has 0 radical (unpaired) electrons. The zero-order valence-corrected chi connectivity index (χ0v) is 7.53. The summed E-state index contributed by atoms with van der Waals surface area (Å²) in [6.07, 6.45) is 3.40. The van der Waals surface area contributed by atoms with Gasteiger partial charge in [-0.1, -0.05) is 0 Å². The average Bonchev–Trinajstić information content (AvgIpc) is 2.57. The van der Waals surface area contributed by atoms with Crippen molar-refractivity contribution in [3.05, 3.63) is 24.2 Å². The third-order valence-corrected chi connectivity index (χ3v) is 2.29. The number of Topliss-reactive ketones (excluding diaryl/α,β-unsaturated/α-hetero) is 1. The van der Waals surface area contributed by atoms with E-state index in [1.807, 2.05) is 12.1 Å². The first-order valence-corrected chi connectivity index (χ1v) is 4.61. The van der Waals surface area contributed by atoms with Crippen molar-refractivity contribution >= 4 is 5.78 Å². The second kappa shape index (κ2) is 3.75. The standard InChI is InChI=1S/C10H13NO2/c12-9-3-1-5-11(7-9)8-10-4-2-6-13-10/h2,4,6H,1,3,5,7-8H2. The first-order valence-electron chi connectivity index (χ1n) is 4.61. The average molecular weight is 179 g/mol. The second-order valence-corrected chi connectivity index (χ2v) is 3.43. The van der Waals surface area contributed by atoms with Crippen molar-refractivity contribution < 1.29 is 9.21 Å². The van der Waals surface area contributed by atoms with E-state index >= 15 is 0 Å². The van der Waals surface area contributed by atoms with Gasteiger partial charge in [-0.15, -0.1) is 0 Å². The molecule has 1 aliphatic heterocycles. The van der Waals surface area contributed by atoms with Crippen LogP contribution in [0.2, 0.25) is 0 Å². The van der Waals surface area contributed by atoms with Gasteiger partial charge in [-0.2, -0.15) is 0 Å². The maximum absolute atomic E-state index is 11.1. The summed E-state index contributed by atoms with van der Waals surface area (Å²) >= 11 is 0. The topological polar surface area (TPSA) is 33.5 Å². The molecule has 1 saturated heterocycles. The number of hydrogen-bond donors (Lipinski definition) is 0. The lowest BCUT2D eigenvalue weighted by Gasteiger charge is -2.24. The first kappa shape index (κ1) is 8.51. The van der Waals surface area contributed by atoms with Gasteiger partial charge in [0.15, 0.2) is 0 Å². The lowest BCUT2D eigenvalue weighted by molar-refractivity contribution is -0.122. The summed E-state index contributed by atoms with van der Waals surface area (Å²) < 4.78 is 5.22. The van der Waals surface area contributed by atoms with Gasteiger partial charge in [0.2, 0.25) is 0 Å². The van der Waals surface area contributed by atoms with Gasteiger partial charge >= 0.3 is 0 Å². The number of carbonyl (C=O) groups is 1. The molecule has 0 atom stereocenters. The highest BCUT2D eigenvalue weighted by Crippen LogP contribution is 2.10. The van der Waals surface area contributed by atoms with Crippen LogP contribution < -0.4 is 0 Å². The fourth-order valence-electron chi connectivity index (χ4n) is 1.67. The lowest BCUT2D eigenvalue weighted by Crippen LogP contribution is -2.34. The number of ketones is 1. The summed E-state index contributed by atoms with van der Waals surface area (Å²) in [4.78, 5) is 13.3. The number of hydrogen-bond acceptors (Lipinski definition) is 3. The molecule has 0 N–H and O–H groups in total. The van der Waals surface area contributed by atoms with E-state index in [4.69, 9.17) is 4.42 Å². The molecular formula is C10H13NO2. The number of nitrogens with zero attached hydrogens (tertiary/aromatic N) is 1. The fourth-order valence-corrected chi connectivity index (χ4v) is 1.67. The van der Waals surface area contributed by atoms with Crippen molar-refractivity contribution in [2.75, 3.05) is 13.1 Å². The minimum atomic E-state index is 0.345. The van der Waals surface area contributed by atoms with Crippen molar-refractivity contribution in [1.82, 2.24) is 4.90 Å². The predicted molar refractivity (Wildman–Crippen MR) is 48.2 cm³/mol. The molecule has 1 aromatic heterocycles. The van der Waals surface area contributed by atoms with Gasteiger partial charge in [0, 0.05) is 6.42 Å². The van der Waals surface area contributed by atoms with Crippen molar-refractivity contribution in [2.45, 2.75) is 19.4 Å². The second-order valence-electron chi connectivity index (χ2n) is 3.43. The summed E-state index contributed by atoms with van der Waals surface area (Å²) in [5.74, 6) is 1.28. The van der Waals surface area contributed by atoms with Gasteiger partial charge in [-0.25, -0.2) is 0 Å². The van der Waals surface area contributed by atoms with Crippen LogP contribution in [-0.4, -0.2) is 23.8 Å². The smallest absolute Gasteiger partial charge is 0.146 e. The van der Waals surface area contributed by atoms with Crippen LogP contribution in [0.4, 0.5) is 0 Å². The van der Waals surface area contributed by atoms with Crippen LogP contribution in [-0.2, 0) is 11.3 Å². The zero-order chi connectivity index (χ0) is 9.10. The highest BCUT2D eigenvalue weighted by molar-refractivity contribution is 5.81. The van der Waals surface area contributed by atoms with Gasteiger partial charge in [-0.3, -0.25) is 9.69 Å². The Morgan fingerprint density at radius 3 is 3.15 bits per heavy atom. The summed E-state index contributed by atoms with van der Waals surface area (Å²) in [5.41, 5.74) is 0. The third-order valence-electron chi connectivity index (χ3n) is 2.29. The Morgan fingerprint density at radius 2 is 2.46 bits per heavy atom. The molecular weight excluding hydrogens is 166 g/mol.